The van der Waals surface area contributed by atoms with Crippen LogP contribution in [0.3, 0.4) is 0 Å². The van der Waals surface area contributed by atoms with Crippen molar-refractivity contribution in [2.45, 2.75) is 20.8 Å². The van der Waals surface area contributed by atoms with Gasteiger partial charge in [-0.05, 0) is 31.0 Å². The summed E-state index contributed by atoms with van der Waals surface area (Å²) in [7, 11) is 0. The van der Waals surface area contributed by atoms with E-state index in [1.807, 2.05) is 18.2 Å². The molecule has 0 saturated carbocycles. The third kappa shape index (κ3) is 2.60. The van der Waals surface area contributed by atoms with E-state index in [-0.39, 0.29) is 5.78 Å². The van der Waals surface area contributed by atoms with E-state index in [4.69, 9.17) is 4.74 Å². The van der Waals surface area contributed by atoms with Gasteiger partial charge in [0.1, 0.15) is 12.4 Å². The first-order chi connectivity index (χ1) is 8.08. The molecular weight excluding hydrogens is 214 g/mol. The molecule has 0 saturated heterocycles. The summed E-state index contributed by atoms with van der Waals surface area (Å²) in [5.74, 6) is 1.59. The monoisotopic (exact) mass is 233 g/mol. The molecule has 0 spiro atoms. The molecule has 1 heterocycles. The van der Waals surface area contributed by atoms with Crippen molar-refractivity contribution in [3.63, 3.8) is 0 Å². The first-order valence-electron chi connectivity index (χ1n) is 6.10. The number of hydrogen-bond acceptors (Lipinski definition) is 3. The van der Waals surface area contributed by atoms with Crippen molar-refractivity contribution >= 4 is 11.5 Å². The van der Waals surface area contributed by atoms with Crippen LogP contribution in [0.5, 0.6) is 5.75 Å². The number of nitrogens with zero attached hydrogens (tertiary/aromatic N) is 1. The quantitative estimate of drug-likeness (QED) is 0.752. The van der Waals surface area contributed by atoms with Gasteiger partial charge in [-0.25, -0.2) is 0 Å². The Kier molecular flexibility index (Phi) is 3.36. The van der Waals surface area contributed by atoms with Crippen LogP contribution >= 0.6 is 0 Å². The van der Waals surface area contributed by atoms with Crippen molar-refractivity contribution in [1.29, 1.82) is 0 Å². The largest absolute Gasteiger partial charge is 0.490 e. The molecule has 0 atom stereocenters. The highest BCUT2D eigenvalue weighted by atomic mass is 16.5. The molecular formula is C14H19NO2. The lowest BCUT2D eigenvalue weighted by atomic mass is 10.1. The summed E-state index contributed by atoms with van der Waals surface area (Å²) in [6.07, 6.45) is 0. The number of carbonyl (C=O) groups excluding carboxylic acids is 1. The molecule has 0 aromatic heterocycles. The minimum atomic E-state index is 0.0999. The van der Waals surface area contributed by atoms with Crippen molar-refractivity contribution in [2.24, 2.45) is 5.92 Å². The third-order valence-electron chi connectivity index (χ3n) is 2.91. The maximum atomic E-state index is 11.4. The highest BCUT2D eigenvalue weighted by Crippen LogP contribution is 2.33. The normalized spacial score (nSPS) is 14.5. The van der Waals surface area contributed by atoms with Crippen LogP contribution in [0.25, 0.3) is 0 Å². The number of rotatable bonds is 3. The van der Waals surface area contributed by atoms with Crippen molar-refractivity contribution in [3.8, 4) is 5.75 Å². The molecule has 1 aliphatic heterocycles. The van der Waals surface area contributed by atoms with Crippen LogP contribution in [-0.2, 0) is 0 Å². The Morgan fingerprint density at radius 1 is 1.47 bits per heavy atom. The molecule has 0 amide bonds. The minimum Gasteiger partial charge on any atom is -0.490 e. The summed E-state index contributed by atoms with van der Waals surface area (Å²) in [5.41, 5.74) is 1.81. The first kappa shape index (κ1) is 12.0. The Balaban J connectivity index is 2.34. The molecule has 17 heavy (non-hydrogen) atoms. The van der Waals surface area contributed by atoms with Crippen LogP contribution in [0.1, 0.15) is 31.1 Å². The zero-order chi connectivity index (χ0) is 12.4. The predicted octanol–water partition coefficient (Wildman–Crippen LogP) is 2.74. The molecule has 0 radical (unpaired) electrons. The third-order valence-corrected chi connectivity index (χ3v) is 2.91. The first-order valence-corrected chi connectivity index (χ1v) is 6.10. The Hall–Kier alpha value is -1.51. The van der Waals surface area contributed by atoms with E-state index in [0.29, 0.717) is 5.92 Å². The fraction of sp³-hybridized carbons (Fsp3) is 0.500. The van der Waals surface area contributed by atoms with E-state index in [1.54, 1.807) is 6.92 Å². The highest BCUT2D eigenvalue weighted by molar-refractivity contribution is 5.95. The summed E-state index contributed by atoms with van der Waals surface area (Å²) in [6.45, 7) is 8.61. The van der Waals surface area contributed by atoms with Gasteiger partial charge < -0.3 is 9.64 Å². The second-order valence-corrected chi connectivity index (χ2v) is 4.93. The maximum absolute atomic E-state index is 11.4. The van der Waals surface area contributed by atoms with Gasteiger partial charge >= 0.3 is 0 Å². The van der Waals surface area contributed by atoms with E-state index in [0.717, 1.165) is 36.7 Å². The summed E-state index contributed by atoms with van der Waals surface area (Å²) in [6, 6.07) is 5.68. The number of fused-ring (bicyclic) bond motifs is 1. The summed E-state index contributed by atoms with van der Waals surface area (Å²) >= 11 is 0. The summed E-state index contributed by atoms with van der Waals surface area (Å²) < 4.78 is 5.62. The van der Waals surface area contributed by atoms with E-state index < -0.39 is 0 Å². The molecule has 2 rings (SSSR count). The molecule has 0 aliphatic carbocycles. The van der Waals surface area contributed by atoms with E-state index >= 15 is 0 Å². The van der Waals surface area contributed by atoms with Gasteiger partial charge in [-0.2, -0.15) is 0 Å². The van der Waals surface area contributed by atoms with Crippen molar-refractivity contribution in [3.05, 3.63) is 23.8 Å². The maximum Gasteiger partial charge on any atom is 0.159 e. The second kappa shape index (κ2) is 4.78. The highest BCUT2D eigenvalue weighted by Gasteiger charge is 2.19. The van der Waals surface area contributed by atoms with Crippen molar-refractivity contribution < 1.29 is 9.53 Å². The van der Waals surface area contributed by atoms with Crippen LogP contribution in [-0.4, -0.2) is 25.5 Å². The molecule has 0 unspecified atom stereocenters. The molecule has 0 fully saturated rings. The van der Waals surface area contributed by atoms with Crippen LogP contribution in [0.4, 0.5) is 5.69 Å². The number of ketones is 1. The topological polar surface area (TPSA) is 29.5 Å². The molecule has 0 N–H and O–H groups in total. The number of ether oxygens (including phenoxy) is 1. The van der Waals surface area contributed by atoms with Crippen LogP contribution < -0.4 is 9.64 Å². The van der Waals surface area contributed by atoms with Crippen LogP contribution in [0, 0.1) is 5.92 Å². The summed E-state index contributed by atoms with van der Waals surface area (Å²) in [4.78, 5) is 13.7. The van der Waals surface area contributed by atoms with Crippen molar-refractivity contribution in [1.82, 2.24) is 0 Å². The van der Waals surface area contributed by atoms with Gasteiger partial charge in [0, 0.05) is 12.1 Å². The number of Topliss-reactive ketones (excluding diaryl/α,β-unsaturated/α-hetero) is 1. The molecule has 1 aromatic rings. The molecule has 3 nitrogen and oxygen atoms in total. The van der Waals surface area contributed by atoms with Gasteiger partial charge in [-0.15, -0.1) is 0 Å². The average Bonchev–Trinajstić information content (AvgIpc) is 2.28. The van der Waals surface area contributed by atoms with Crippen molar-refractivity contribution in [2.75, 3.05) is 24.6 Å². The lowest BCUT2D eigenvalue weighted by molar-refractivity contribution is 0.101. The lowest BCUT2D eigenvalue weighted by Crippen LogP contribution is -2.35. The van der Waals surface area contributed by atoms with Gasteiger partial charge in [-0.1, -0.05) is 13.8 Å². The van der Waals surface area contributed by atoms with Gasteiger partial charge in [0.2, 0.25) is 0 Å². The van der Waals surface area contributed by atoms with E-state index in [1.165, 1.54) is 0 Å². The second-order valence-electron chi connectivity index (χ2n) is 4.93. The Morgan fingerprint density at radius 2 is 2.24 bits per heavy atom. The lowest BCUT2D eigenvalue weighted by Gasteiger charge is -2.32. The molecule has 1 aliphatic rings. The minimum absolute atomic E-state index is 0.0999. The Morgan fingerprint density at radius 3 is 2.88 bits per heavy atom. The summed E-state index contributed by atoms with van der Waals surface area (Å²) in [5, 5.41) is 0. The van der Waals surface area contributed by atoms with Crippen LogP contribution in [0.15, 0.2) is 18.2 Å². The number of benzene rings is 1. The Labute approximate surface area is 102 Å². The molecule has 0 bridgehead atoms. The number of hydrogen-bond donors (Lipinski definition) is 0. The van der Waals surface area contributed by atoms with Crippen LogP contribution in [0.2, 0.25) is 0 Å². The fourth-order valence-corrected chi connectivity index (χ4v) is 2.12. The van der Waals surface area contributed by atoms with E-state index in [9.17, 15) is 4.79 Å². The fourth-order valence-electron chi connectivity index (χ4n) is 2.12. The standard InChI is InChI=1S/C14H19NO2/c1-10(2)9-15-6-7-17-14-5-4-12(11(3)16)8-13(14)15/h4-5,8,10H,6-7,9H2,1-3H3. The number of carbonyl (C=O) groups is 1. The SMILES string of the molecule is CC(=O)c1ccc2c(c1)N(CC(C)C)CCO2. The zero-order valence-corrected chi connectivity index (χ0v) is 10.7. The zero-order valence-electron chi connectivity index (χ0n) is 10.7. The molecule has 3 heteroatoms. The van der Waals surface area contributed by atoms with Gasteiger partial charge in [-0.3, -0.25) is 4.79 Å². The average molecular weight is 233 g/mol. The molecule has 1 aromatic carbocycles. The van der Waals surface area contributed by atoms with Gasteiger partial charge in [0.15, 0.2) is 5.78 Å². The smallest absolute Gasteiger partial charge is 0.159 e. The van der Waals surface area contributed by atoms with Gasteiger partial charge in [0.05, 0.1) is 12.2 Å². The number of anilines is 1. The Bertz CT molecular complexity index is 426. The van der Waals surface area contributed by atoms with E-state index in [2.05, 4.69) is 18.7 Å². The predicted molar refractivity (Wildman–Crippen MR) is 69.0 cm³/mol. The van der Waals surface area contributed by atoms with Gasteiger partial charge in [0.25, 0.3) is 0 Å². The molecule has 92 valence electrons.